The minimum atomic E-state index is -4.37. The number of hydrogen-bond acceptors (Lipinski definition) is 4. The Hall–Kier alpha value is -1.93. The molecule has 1 aromatic rings. The van der Waals surface area contributed by atoms with E-state index in [9.17, 15) is 13.2 Å². The summed E-state index contributed by atoms with van der Waals surface area (Å²) in [6.07, 6.45) is -2.36. The summed E-state index contributed by atoms with van der Waals surface area (Å²) in [5, 5.41) is 4.88. The van der Waals surface area contributed by atoms with E-state index in [2.05, 4.69) is 42.6 Å². The summed E-state index contributed by atoms with van der Waals surface area (Å²) in [7, 11) is 3.68. The highest BCUT2D eigenvalue weighted by molar-refractivity contribution is 5.95. The summed E-state index contributed by atoms with van der Waals surface area (Å²) in [5.74, 6) is 0.458. The van der Waals surface area contributed by atoms with Gasteiger partial charge in [0.15, 0.2) is 0 Å². The van der Waals surface area contributed by atoms with Gasteiger partial charge in [-0.2, -0.15) is 18.3 Å². The van der Waals surface area contributed by atoms with Crippen LogP contribution in [0.3, 0.4) is 0 Å². The van der Waals surface area contributed by atoms with E-state index in [1.165, 1.54) is 37.2 Å². The number of rotatable bonds is 2. The number of alkyl halides is 3. The third kappa shape index (κ3) is 7.68. The van der Waals surface area contributed by atoms with E-state index < -0.39 is 11.7 Å². The van der Waals surface area contributed by atoms with E-state index in [4.69, 9.17) is 4.74 Å². The molecular formula is C19H29F3N4O. The van der Waals surface area contributed by atoms with Crippen molar-refractivity contribution >= 4 is 18.2 Å². The standard InChI is InChI=1S/C11H12F3N3.C8H17NO/c1-8(15-2)17(16-3)10-6-4-5-9(7-10)11(12,13)14;1-7-4-5-9(3)6-8(2)10-7/h4-7H,3H2,1-2H3;7-8H,4-6H2,1-3H3. The second-order valence-corrected chi connectivity index (χ2v) is 6.58. The van der Waals surface area contributed by atoms with Crippen molar-refractivity contribution in [2.45, 2.75) is 45.6 Å². The molecule has 0 aliphatic carbocycles. The van der Waals surface area contributed by atoms with Crippen molar-refractivity contribution in [3.05, 3.63) is 29.8 Å². The van der Waals surface area contributed by atoms with Crippen molar-refractivity contribution in [3.8, 4) is 0 Å². The lowest BCUT2D eigenvalue weighted by Crippen LogP contribution is -2.26. The Labute approximate surface area is 159 Å². The number of anilines is 1. The molecule has 1 heterocycles. The lowest BCUT2D eigenvalue weighted by atomic mass is 10.2. The van der Waals surface area contributed by atoms with Crippen LogP contribution in [0, 0.1) is 0 Å². The Morgan fingerprint density at radius 1 is 1.30 bits per heavy atom. The summed E-state index contributed by atoms with van der Waals surface area (Å²) >= 11 is 0. The van der Waals surface area contributed by atoms with Gasteiger partial charge in [-0.15, -0.1) is 0 Å². The van der Waals surface area contributed by atoms with Gasteiger partial charge in [0.2, 0.25) is 0 Å². The molecule has 0 N–H and O–H groups in total. The Kier molecular flexibility index (Phi) is 8.92. The molecule has 0 aromatic heterocycles. The minimum absolute atomic E-state index is 0.276. The molecule has 2 atom stereocenters. The van der Waals surface area contributed by atoms with Crippen LogP contribution in [-0.2, 0) is 10.9 Å². The molecule has 1 saturated heterocycles. The zero-order chi connectivity index (χ0) is 20.6. The Balaban J connectivity index is 0.000000309. The third-order valence-electron chi connectivity index (χ3n) is 4.14. The largest absolute Gasteiger partial charge is 0.416 e. The molecule has 0 spiro atoms. The molecule has 152 valence electrons. The fraction of sp³-hybridized carbons (Fsp3) is 0.579. The van der Waals surface area contributed by atoms with E-state index in [-0.39, 0.29) is 5.69 Å². The topological polar surface area (TPSA) is 40.4 Å². The molecule has 0 bridgehead atoms. The lowest BCUT2D eigenvalue weighted by Gasteiger charge is -2.18. The van der Waals surface area contributed by atoms with Crippen LogP contribution < -0.4 is 5.01 Å². The summed E-state index contributed by atoms with van der Waals surface area (Å²) in [4.78, 5) is 6.18. The SMILES string of the molecule is C=NN(C(C)=NC)c1cccc(C(F)(F)F)c1.CC1CCN(C)CC(C)O1. The van der Waals surface area contributed by atoms with Gasteiger partial charge >= 0.3 is 6.18 Å². The molecule has 0 saturated carbocycles. The molecule has 8 heteroatoms. The lowest BCUT2D eigenvalue weighted by molar-refractivity contribution is -0.137. The first-order valence-electron chi connectivity index (χ1n) is 8.79. The Morgan fingerprint density at radius 3 is 2.52 bits per heavy atom. The normalized spacial score (nSPS) is 21.7. The number of amidine groups is 1. The maximum absolute atomic E-state index is 12.5. The van der Waals surface area contributed by atoms with Crippen molar-refractivity contribution < 1.29 is 17.9 Å². The van der Waals surface area contributed by atoms with Gasteiger partial charge in [-0.1, -0.05) is 6.07 Å². The third-order valence-corrected chi connectivity index (χ3v) is 4.14. The average Bonchev–Trinajstić information content (AvgIpc) is 2.74. The number of benzene rings is 1. The monoisotopic (exact) mass is 386 g/mol. The van der Waals surface area contributed by atoms with Crippen LogP contribution in [-0.4, -0.2) is 56.8 Å². The highest BCUT2D eigenvalue weighted by Gasteiger charge is 2.30. The molecule has 1 aromatic carbocycles. The summed E-state index contributed by atoms with van der Waals surface area (Å²) < 4.78 is 43.2. The second kappa shape index (κ2) is 10.4. The number of likely N-dealkylation sites (N-methyl/N-ethyl adjacent to an activating group) is 1. The highest BCUT2D eigenvalue weighted by atomic mass is 19.4. The zero-order valence-corrected chi connectivity index (χ0v) is 16.6. The number of ether oxygens (including phenoxy) is 1. The van der Waals surface area contributed by atoms with Crippen LogP contribution in [0.15, 0.2) is 34.4 Å². The number of hydrogen-bond donors (Lipinski definition) is 0. The molecule has 1 aliphatic heterocycles. The molecule has 5 nitrogen and oxygen atoms in total. The van der Waals surface area contributed by atoms with Crippen LogP contribution in [0.25, 0.3) is 0 Å². The maximum atomic E-state index is 12.5. The summed E-state index contributed by atoms with van der Waals surface area (Å²) in [6, 6.07) is 4.84. The van der Waals surface area contributed by atoms with E-state index in [0.717, 1.165) is 18.7 Å². The molecule has 27 heavy (non-hydrogen) atoms. The Morgan fingerprint density at radius 2 is 1.96 bits per heavy atom. The van der Waals surface area contributed by atoms with Crippen molar-refractivity contribution in [1.82, 2.24) is 4.90 Å². The predicted octanol–water partition coefficient (Wildman–Crippen LogP) is 4.29. The molecule has 0 amide bonds. The van der Waals surface area contributed by atoms with Gasteiger partial charge < -0.3 is 9.64 Å². The first kappa shape index (κ1) is 23.1. The smallest absolute Gasteiger partial charge is 0.374 e. The van der Waals surface area contributed by atoms with Crippen LogP contribution in [0.2, 0.25) is 0 Å². The van der Waals surface area contributed by atoms with E-state index in [0.29, 0.717) is 18.0 Å². The van der Waals surface area contributed by atoms with Crippen molar-refractivity contribution in [3.63, 3.8) is 0 Å². The predicted molar refractivity (Wildman–Crippen MR) is 105 cm³/mol. The molecule has 1 fully saturated rings. The van der Waals surface area contributed by atoms with E-state index in [1.54, 1.807) is 6.92 Å². The fourth-order valence-electron chi connectivity index (χ4n) is 2.72. The van der Waals surface area contributed by atoms with Gasteiger partial charge in [0.05, 0.1) is 23.5 Å². The van der Waals surface area contributed by atoms with E-state index in [1.807, 2.05) is 0 Å². The number of hydrazone groups is 1. The summed E-state index contributed by atoms with van der Waals surface area (Å²) in [5.41, 5.74) is -0.453. The van der Waals surface area contributed by atoms with Gasteiger partial charge in [0.1, 0.15) is 5.84 Å². The van der Waals surface area contributed by atoms with Crippen LogP contribution >= 0.6 is 0 Å². The molecule has 1 aliphatic rings. The highest BCUT2D eigenvalue weighted by Crippen LogP contribution is 2.31. The zero-order valence-electron chi connectivity index (χ0n) is 16.6. The minimum Gasteiger partial charge on any atom is -0.374 e. The van der Waals surface area contributed by atoms with Crippen molar-refractivity contribution in [2.24, 2.45) is 10.1 Å². The van der Waals surface area contributed by atoms with Crippen molar-refractivity contribution in [2.75, 3.05) is 32.2 Å². The van der Waals surface area contributed by atoms with Crippen molar-refractivity contribution in [1.29, 1.82) is 0 Å². The van der Waals surface area contributed by atoms with Gasteiger partial charge in [-0.05, 0) is 52.4 Å². The molecule has 2 unspecified atom stereocenters. The number of aliphatic imine (C=N–C) groups is 1. The molecule has 0 radical (unpaired) electrons. The molecular weight excluding hydrogens is 357 g/mol. The van der Waals surface area contributed by atoms with Gasteiger partial charge in [-0.25, -0.2) is 5.01 Å². The van der Waals surface area contributed by atoms with Crippen LogP contribution in [0.4, 0.5) is 18.9 Å². The summed E-state index contributed by atoms with van der Waals surface area (Å²) in [6.45, 7) is 11.5. The number of nitrogens with zero attached hydrogens (tertiary/aromatic N) is 4. The average molecular weight is 386 g/mol. The van der Waals surface area contributed by atoms with Crippen LogP contribution in [0.5, 0.6) is 0 Å². The Bertz CT molecular complexity index is 622. The quantitative estimate of drug-likeness (QED) is 0.432. The van der Waals surface area contributed by atoms with E-state index >= 15 is 0 Å². The fourth-order valence-corrected chi connectivity index (χ4v) is 2.72. The number of halogens is 3. The van der Waals surface area contributed by atoms with Gasteiger partial charge in [0.25, 0.3) is 0 Å². The first-order valence-corrected chi connectivity index (χ1v) is 8.79. The van der Waals surface area contributed by atoms with Gasteiger partial charge in [-0.3, -0.25) is 4.99 Å². The first-order chi connectivity index (χ1) is 12.6. The van der Waals surface area contributed by atoms with Gasteiger partial charge in [0, 0.05) is 26.9 Å². The van der Waals surface area contributed by atoms with Crippen LogP contribution in [0.1, 0.15) is 32.8 Å². The molecule has 2 rings (SSSR count). The maximum Gasteiger partial charge on any atom is 0.416 e. The second-order valence-electron chi connectivity index (χ2n) is 6.58.